The first-order chi connectivity index (χ1) is 11.1. The van der Waals surface area contributed by atoms with Crippen LogP contribution in [0.1, 0.15) is 35.6 Å². The van der Waals surface area contributed by atoms with E-state index in [1.807, 2.05) is 24.3 Å². The van der Waals surface area contributed by atoms with Gasteiger partial charge in [-0.25, -0.2) is 0 Å². The van der Waals surface area contributed by atoms with E-state index in [-0.39, 0.29) is 12.0 Å². The molecule has 2 aliphatic rings. The summed E-state index contributed by atoms with van der Waals surface area (Å²) < 4.78 is 0. The van der Waals surface area contributed by atoms with Crippen molar-refractivity contribution in [1.82, 2.24) is 0 Å². The summed E-state index contributed by atoms with van der Waals surface area (Å²) in [7, 11) is 0. The van der Waals surface area contributed by atoms with Crippen LogP contribution in [0, 0.1) is 5.92 Å². The van der Waals surface area contributed by atoms with Gasteiger partial charge in [0.05, 0.1) is 12.0 Å². The Labute approximate surface area is 140 Å². The Morgan fingerprint density at radius 3 is 2.83 bits per heavy atom. The molecule has 1 saturated heterocycles. The molecule has 0 amide bonds. The second-order valence-electron chi connectivity index (χ2n) is 6.37. The van der Waals surface area contributed by atoms with Crippen LogP contribution >= 0.6 is 11.6 Å². The standard InChI is InChI=1S/C19H18ClNO2/c20-14-8-7-13-10-12-4-1-2-5-15(12)18-16(19(22)23)6-3-9-21(18)17(13)11-14/h1-2,4-5,7-8,11,16,18H,3,6,9-10H2,(H,22,23)/t16-,18-/m1/s1. The molecule has 2 atom stereocenters. The number of carboxylic acid groups (broad SMARTS) is 1. The van der Waals surface area contributed by atoms with E-state index < -0.39 is 5.97 Å². The highest BCUT2D eigenvalue weighted by Crippen LogP contribution is 2.45. The fourth-order valence-electron chi connectivity index (χ4n) is 4.05. The number of nitrogens with zero attached hydrogens (tertiary/aromatic N) is 1. The van der Waals surface area contributed by atoms with E-state index in [2.05, 4.69) is 23.1 Å². The number of piperidine rings is 1. The van der Waals surface area contributed by atoms with E-state index in [0.29, 0.717) is 5.02 Å². The fraction of sp³-hybridized carbons (Fsp3) is 0.316. The molecular formula is C19H18ClNO2. The molecule has 118 valence electrons. The van der Waals surface area contributed by atoms with Gasteiger partial charge in [-0.1, -0.05) is 41.9 Å². The van der Waals surface area contributed by atoms with Crippen LogP contribution < -0.4 is 4.90 Å². The van der Waals surface area contributed by atoms with E-state index in [9.17, 15) is 9.90 Å². The minimum absolute atomic E-state index is 0.114. The number of fused-ring (bicyclic) bond motifs is 5. The first-order valence-electron chi connectivity index (χ1n) is 8.01. The Hall–Kier alpha value is -2.00. The maximum atomic E-state index is 11.9. The van der Waals surface area contributed by atoms with E-state index in [4.69, 9.17) is 11.6 Å². The highest BCUT2D eigenvalue weighted by Gasteiger charge is 2.40. The summed E-state index contributed by atoms with van der Waals surface area (Å²) >= 11 is 6.23. The lowest BCUT2D eigenvalue weighted by Crippen LogP contribution is -2.42. The lowest BCUT2D eigenvalue weighted by molar-refractivity contribution is -0.143. The van der Waals surface area contributed by atoms with Gasteiger partial charge in [0, 0.05) is 17.3 Å². The molecule has 2 heterocycles. The van der Waals surface area contributed by atoms with Gasteiger partial charge >= 0.3 is 5.97 Å². The molecule has 2 aromatic carbocycles. The van der Waals surface area contributed by atoms with Crippen molar-refractivity contribution in [2.45, 2.75) is 25.3 Å². The summed E-state index contributed by atoms with van der Waals surface area (Å²) in [5.74, 6) is -1.09. The van der Waals surface area contributed by atoms with Crippen LogP contribution in [0.2, 0.25) is 5.02 Å². The molecule has 2 aromatic rings. The van der Waals surface area contributed by atoms with Crippen molar-refractivity contribution in [3.05, 3.63) is 64.2 Å². The number of aliphatic carboxylic acids is 1. The number of anilines is 1. The van der Waals surface area contributed by atoms with Crippen LogP contribution in [0.5, 0.6) is 0 Å². The molecule has 0 saturated carbocycles. The molecular weight excluding hydrogens is 310 g/mol. The number of hydrogen-bond acceptors (Lipinski definition) is 2. The average molecular weight is 328 g/mol. The summed E-state index contributed by atoms with van der Waals surface area (Å²) in [4.78, 5) is 14.1. The van der Waals surface area contributed by atoms with Crippen LogP contribution in [0.15, 0.2) is 42.5 Å². The Kier molecular flexibility index (Phi) is 3.53. The van der Waals surface area contributed by atoms with Gasteiger partial charge < -0.3 is 10.0 Å². The molecule has 4 rings (SSSR count). The van der Waals surface area contributed by atoms with Gasteiger partial charge in [-0.2, -0.15) is 0 Å². The minimum atomic E-state index is -0.708. The van der Waals surface area contributed by atoms with Gasteiger partial charge in [-0.05, 0) is 48.1 Å². The molecule has 0 aromatic heterocycles. The second-order valence-corrected chi connectivity index (χ2v) is 6.81. The monoisotopic (exact) mass is 327 g/mol. The van der Waals surface area contributed by atoms with Crippen LogP contribution in [-0.2, 0) is 11.2 Å². The van der Waals surface area contributed by atoms with Crippen molar-refractivity contribution < 1.29 is 9.90 Å². The summed E-state index contributed by atoms with van der Waals surface area (Å²) in [6.45, 7) is 0.871. The average Bonchev–Trinajstić information content (AvgIpc) is 2.69. The summed E-state index contributed by atoms with van der Waals surface area (Å²) in [6, 6.07) is 14.1. The molecule has 2 aliphatic heterocycles. The molecule has 0 unspecified atom stereocenters. The fourth-order valence-corrected chi connectivity index (χ4v) is 4.22. The van der Waals surface area contributed by atoms with E-state index in [1.54, 1.807) is 0 Å². The summed E-state index contributed by atoms with van der Waals surface area (Å²) in [5, 5.41) is 10.4. The molecule has 1 fully saturated rings. The first kappa shape index (κ1) is 14.6. The molecule has 0 spiro atoms. The van der Waals surface area contributed by atoms with Crippen LogP contribution in [0.4, 0.5) is 5.69 Å². The zero-order valence-corrected chi connectivity index (χ0v) is 13.5. The normalized spacial score (nSPS) is 22.6. The van der Waals surface area contributed by atoms with Gasteiger partial charge in [-0.3, -0.25) is 4.79 Å². The Balaban J connectivity index is 1.95. The third-order valence-corrected chi connectivity index (χ3v) is 5.29. The molecule has 4 heteroatoms. The largest absolute Gasteiger partial charge is 0.481 e. The number of benzene rings is 2. The van der Waals surface area contributed by atoms with E-state index in [1.165, 1.54) is 11.1 Å². The number of hydrogen-bond donors (Lipinski definition) is 1. The first-order valence-corrected chi connectivity index (χ1v) is 8.38. The van der Waals surface area contributed by atoms with E-state index >= 15 is 0 Å². The van der Waals surface area contributed by atoms with Crippen molar-refractivity contribution >= 4 is 23.3 Å². The van der Waals surface area contributed by atoms with Gasteiger partial charge in [0.15, 0.2) is 0 Å². The molecule has 0 aliphatic carbocycles. The predicted octanol–water partition coefficient (Wildman–Crippen LogP) is 4.29. The SMILES string of the molecule is O=C(O)[C@@H]1CCCN2c3cc(Cl)ccc3Cc3ccccc3[C@H]12. The lowest BCUT2D eigenvalue weighted by Gasteiger charge is -2.41. The highest BCUT2D eigenvalue weighted by molar-refractivity contribution is 6.30. The van der Waals surface area contributed by atoms with Crippen molar-refractivity contribution in [2.75, 3.05) is 11.4 Å². The Bertz CT molecular complexity index is 774. The number of halogens is 1. The third kappa shape index (κ3) is 2.40. The third-order valence-electron chi connectivity index (χ3n) is 5.06. The molecule has 3 nitrogen and oxygen atoms in total. The maximum Gasteiger partial charge on any atom is 0.308 e. The van der Waals surface area contributed by atoms with Gasteiger partial charge in [0.2, 0.25) is 0 Å². The van der Waals surface area contributed by atoms with Gasteiger partial charge in [-0.15, -0.1) is 0 Å². The smallest absolute Gasteiger partial charge is 0.308 e. The summed E-state index contributed by atoms with van der Waals surface area (Å²) in [5.41, 5.74) is 4.67. The Morgan fingerprint density at radius 2 is 2.00 bits per heavy atom. The topological polar surface area (TPSA) is 40.5 Å². The Morgan fingerprint density at radius 1 is 1.17 bits per heavy atom. The minimum Gasteiger partial charge on any atom is -0.481 e. The van der Waals surface area contributed by atoms with Crippen molar-refractivity contribution in [1.29, 1.82) is 0 Å². The number of carboxylic acids is 1. The van der Waals surface area contributed by atoms with Gasteiger partial charge in [0.25, 0.3) is 0 Å². The maximum absolute atomic E-state index is 11.9. The zero-order chi connectivity index (χ0) is 16.0. The zero-order valence-electron chi connectivity index (χ0n) is 12.7. The highest BCUT2D eigenvalue weighted by atomic mass is 35.5. The molecule has 0 radical (unpaired) electrons. The molecule has 1 N–H and O–H groups in total. The van der Waals surface area contributed by atoms with Crippen LogP contribution in [0.25, 0.3) is 0 Å². The van der Waals surface area contributed by atoms with Gasteiger partial charge in [0.1, 0.15) is 0 Å². The van der Waals surface area contributed by atoms with Crippen LogP contribution in [-0.4, -0.2) is 17.6 Å². The predicted molar refractivity (Wildman–Crippen MR) is 91.1 cm³/mol. The number of carbonyl (C=O) groups is 1. The van der Waals surface area contributed by atoms with Crippen LogP contribution in [0.3, 0.4) is 0 Å². The second kappa shape index (κ2) is 5.57. The summed E-state index contributed by atoms with van der Waals surface area (Å²) in [6.07, 6.45) is 2.43. The lowest BCUT2D eigenvalue weighted by atomic mass is 9.83. The molecule has 0 bridgehead atoms. The van der Waals surface area contributed by atoms with E-state index in [0.717, 1.165) is 37.1 Å². The quantitative estimate of drug-likeness (QED) is 0.849. The van der Waals surface area contributed by atoms with Crippen molar-refractivity contribution in [3.63, 3.8) is 0 Å². The van der Waals surface area contributed by atoms with Crippen molar-refractivity contribution in [3.8, 4) is 0 Å². The van der Waals surface area contributed by atoms with Crippen molar-refractivity contribution in [2.24, 2.45) is 5.92 Å². The number of rotatable bonds is 1. The molecule has 23 heavy (non-hydrogen) atoms.